The molecule has 1 unspecified atom stereocenters. The molecule has 2 saturated heterocycles. The first-order chi connectivity index (χ1) is 10.1. The minimum atomic E-state index is -0.377. The zero-order valence-electron chi connectivity index (χ0n) is 12.1. The predicted octanol–water partition coefficient (Wildman–Crippen LogP) is 2.47. The molecule has 1 aromatic carbocycles. The Balaban J connectivity index is 1.89. The highest BCUT2D eigenvalue weighted by atomic mass is 19.1. The fourth-order valence-corrected chi connectivity index (χ4v) is 3.30. The van der Waals surface area contributed by atoms with Gasteiger partial charge in [-0.2, -0.15) is 5.26 Å². The summed E-state index contributed by atoms with van der Waals surface area (Å²) >= 11 is 0. The third kappa shape index (κ3) is 2.87. The highest BCUT2D eigenvalue weighted by Crippen LogP contribution is 2.34. The number of hydrogen-bond acceptors (Lipinski definition) is 4. The Labute approximate surface area is 124 Å². The van der Waals surface area contributed by atoms with Crippen LogP contribution < -0.4 is 4.90 Å². The second-order valence-electron chi connectivity index (χ2n) is 5.88. The number of nitrogens with zero attached hydrogens (tertiary/aromatic N) is 2. The molecule has 0 aromatic heterocycles. The van der Waals surface area contributed by atoms with Gasteiger partial charge in [0.15, 0.2) is 0 Å². The zero-order valence-corrected chi connectivity index (χ0v) is 12.1. The number of rotatable bonds is 1. The van der Waals surface area contributed by atoms with Crippen LogP contribution in [0.25, 0.3) is 0 Å². The maximum Gasteiger partial charge on any atom is 0.124 e. The zero-order chi connectivity index (χ0) is 14.9. The van der Waals surface area contributed by atoms with Crippen molar-refractivity contribution in [1.29, 1.82) is 5.26 Å². The van der Waals surface area contributed by atoms with E-state index in [-0.39, 0.29) is 17.5 Å². The van der Waals surface area contributed by atoms with Crippen LogP contribution in [0.2, 0.25) is 0 Å². The Bertz CT molecular complexity index is 564. The van der Waals surface area contributed by atoms with E-state index in [4.69, 9.17) is 9.47 Å². The Hall–Kier alpha value is -1.64. The van der Waals surface area contributed by atoms with E-state index in [9.17, 15) is 9.65 Å². The number of anilines is 1. The molecule has 5 heteroatoms. The van der Waals surface area contributed by atoms with Crippen LogP contribution in [0, 0.1) is 17.1 Å². The molecule has 1 spiro atoms. The molecular weight excluding hydrogens is 271 g/mol. The second-order valence-corrected chi connectivity index (χ2v) is 5.88. The van der Waals surface area contributed by atoms with E-state index in [2.05, 4.69) is 11.0 Å². The summed E-state index contributed by atoms with van der Waals surface area (Å²) in [6.07, 6.45) is 1.79. The summed E-state index contributed by atoms with van der Waals surface area (Å²) in [4.78, 5) is 2.15. The van der Waals surface area contributed by atoms with Gasteiger partial charge in [0.25, 0.3) is 0 Å². The van der Waals surface area contributed by atoms with Gasteiger partial charge in [0.2, 0.25) is 0 Å². The standard InChI is InChI=1S/C16H19FN2O2/c1-12-10-19(11-16(21-12)4-6-20-7-5-16)15-3-2-14(17)8-13(15)9-18/h2-3,8,12H,4-7,10-11H2,1H3. The van der Waals surface area contributed by atoms with Crippen molar-refractivity contribution in [1.82, 2.24) is 0 Å². The fourth-order valence-electron chi connectivity index (χ4n) is 3.30. The average Bonchev–Trinajstić information content (AvgIpc) is 2.47. The van der Waals surface area contributed by atoms with Gasteiger partial charge in [0.05, 0.1) is 23.0 Å². The SMILES string of the molecule is CC1CN(c2ccc(F)cc2C#N)CC2(CCOCC2)O1. The van der Waals surface area contributed by atoms with Crippen LogP contribution in [-0.2, 0) is 9.47 Å². The van der Waals surface area contributed by atoms with Crippen molar-refractivity contribution < 1.29 is 13.9 Å². The monoisotopic (exact) mass is 290 g/mol. The maximum absolute atomic E-state index is 13.3. The van der Waals surface area contributed by atoms with Crippen LogP contribution in [0.5, 0.6) is 0 Å². The Kier molecular flexibility index (Phi) is 3.83. The quantitative estimate of drug-likeness (QED) is 0.797. The van der Waals surface area contributed by atoms with E-state index in [1.165, 1.54) is 12.1 Å². The molecule has 0 saturated carbocycles. The van der Waals surface area contributed by atoms with Gasteiger partial charge in [-0.15, -0.1) is 0 Å². The van der Waals surface area contributed by atoms with Gasteiger partial charge in [-0.25, -0.2) is 4.39 Å². The van der Waals surface area contributed by atoms with Gasteiger partial charge >= 0.3 is 0 Å². The predicted molar refractivity (Wildman–Crippen MR) is 76.7 cm³/mol. The number of halogens is 1. The summed E-state index contributed by atoms with van der Waals surface area (Å²) in [5.74, 6) is -0.377. The molecule has 0 N–H and O–H groups in total. The van der Waals surface area contributed by atoms with Crippen LogP contribution >= 0.6 is 0 Å². The summed E-state index contributed by atoms with van der Waals surface area (Å²) in [6, 6.07) is 6.49. The molecule has 0 aliphatic carbocycles. The lowest BCUT2D eigenvalue weighted by molar-refractivity contribution is -0.145. The van der Waals surface area contributed by atoms with Crippen molar-refractivity contribution in [2.75, 3.05) is 31.2 Å². The number of nitriles is 1. The van der Waals surface area contributed by atoms with Gasteiger partial charge < -0.3 is 14.4 Å². The molecule has 2 aliphatic rings. The van der Waals surface area contributed by atoms with Crippen molar-refractivity contribution in [3.8, 4) is 6.07 Å². The topological polar surface area (TPSA) is 45.5 Å². The van der Waals surface area contributed by atoms with Crippen LogP contribution in [-0.4, -0.2) is 38.0 Å². The second kappa shape index (κ2) is 5.63. The highest BCUT2D eigenvalue weighted by Gasteiger charge is 2.41. The first-order valence-corrected chi connectivity index (χ1v) is 7.32. The van der Waals surface area contributed by atoms with Crippen LogP contribution in [0.15, 0.2) is 18.2 Å². The molecule has 2 fully saturated rings. The molecular formula is C16H19FN2O2. The average molecular weight is 290 g/mol. The van der Waals surface area contributed by atoms with Crippen molar-refractivity contribution in [3.63, 3.8) is 0 Å². The Morgan fingerprint density at radius 2 is 2.14 bits per heavy atom. The Morgan fingerprint density at radius 1 is 1.38 bits per heavy atom. The number of benzene rings is 1. The molecule has 0 radical (unpaired) electrons. The molecule has 3 rings (SSSR count). The maximum atomic E-state index is 13.3. The summed E-state index contributed by atoms with van der Waals surface area (Å²) in [6.45, 7) is 4.88. The van der Waals surface area contributed by atoms with Crippen LogP contribution in [0.1, 0.15) is 25.3 Å². The van der Waals surface area contributed by atoms with Crippen molar-refractivity contribution >= 4 is 5.69 Å². The summed E-state index contributed by atoms with van der Waals surface area (Å²) < 4.78 is 24.9. The molecule has 2 aliphatic heterocycles. The summed E-state index contributed by atoms with van der Waals surface area (Å²) in [5.41, 5.74) is 0.961. The first-order valence-electron chi connectivity index (χ1n) is 7.32. The third-order valence-corrected chi connectivity index (χ3v) is 4.23. The van der Waals surface area contributed by atoms with E-state index in [1.54, 1.807) is 6.07 Å². The molecule has 0 amide bonds. The smallest absolute Gasteiger partial charge is 0.124 e. The normalized spacial score (nSPS) is 24.8. The Morgan fingerprint density at radius 3 is 2.86 bits per heavy atom. The van der Waals surface area contributed by atoms with Gasteiger partial charge in [0.1, 0.15) is 11.9 Å². The molecule has 1 aromatic rings. The number of ether oxygens (including phenoxy) is 2. The highest BCUT2D eigenvalue weighted by molar-refractivity contribution is 5.60. The van der Waals surface area contributed by atoms with Crippen molar-refractivity contribution in [3.05, 3.63) is 29.6 Å². The van der Waals surface area contributed by atoms with E-state index in [0.29, 0.717) is 25.3 Å². The first kappa shape index (κ1) is 14.3. The lowest BCUT2D eigenvalue weighted by atomic mass is 9.90. The molecule has 112 valence electrons. The van der Waals surface area contributed by atoms with Crippen molar-refractivity contribution in [2.24, 2.45) is 0 Å². The lowest BCUT2D eigenvalue weighted by Gasteiger charge is -2.48. The molecule has 2 heterocycles. The summed E-state index contributed by atoms with van der Waals surface area (Å²) in [7, 11) is 0. The summed E-state index contributed by atoms with van der Waals surface area (Å²) in [5, 5.41) is 9.25. The van der Waals surface area contributed by atoms with E-state index in [1.807, 2.05) is 6.92 Å². The number of morpholine rings is 1. The van der Waals surface area contributed by atoms with E-state index in [0.717, 1.165) is 25.1 Å². The van der Waals surface area contributed by atoms with E-state index < -0.39 is 0 Å². The van der Waals surface area contributed by atoms with Gasteiger partial charge in [-0.1, -0.05) is 0 Å². The molecule has 4 nitrogen and oxygen atoms in total. The molecule has 0 bridgehead atoms. The minimum Gasteiger partial charge on any atom is -0.381 e. The lowest BCUT2D eigenvalue weighted by Crippen LogP contribution is -2.57. The van der Waals surface area contributed by atoms with E-state index >= 15 is 0 Å². The van der Waals surface area contributed by atoms with Crippen LogP contribution in [0.3, 0.4) is 0 Å². The largest absolute Gasteiger partial charge is 0.381 e. The fraction of sp³-hybridized carbons (Fsp3) is 0.562. The number of hydrogen-bond donors (Lipinski definition) is 0. The van der Waals surface area contributed by atoms with Gasteiger partial charge in [0, 0.05) is 39.1 Å². The molecule has 1 atom stereocenters. The van der Waals surface area contributed by atoms with Gasteiger partial charge in [-0.05, 0) is 25.1 Å². The minimum absolute atomic E-state index is 0.0773. The third-order valence-electron chi connectivity index (χ3n) is 4.23. The van der Waals surface area contributed by atoms with Crippen molar-refractivity contribution in [2.45, 2.75) is 31.5 Å². The van der Waals surface area contributed by atoms with Gasteiger partial charge in [-0.3, -0.25) is 0 Å². The van der Waals surface area contributed by atoms with Crippen LogP contribution in [0.4, 0.5) is 10.1 Å². The molecule has 21 heavy (non-hydrogen) atoms.